The van der Waals surface area contributed by atoms with Crippen LogP contribution in [0.3, 0.4) is 0 Å². The van der Waals surface area contributed by atoms with Gasteiger partial charge in [0.1, 0.15) is 17.1 Å². The van der Waals surface area contributed by atoms with Gasteiger partial charge in [0.15, 0.2) is 5.82 Å². The molecule has 7 nitrogen and oxygen atoms in total. The molecule has 1 aromatic carbocycles. The van der Waals surface area contributed by atoms with E-state index in [0.717, 1.165) is 0 Å². The van der Waals surface area contributed by atoms with Crippen molar-refractivity contribution in [1.29, 1.82) is 0 Å². The smallest absolute Gasteiger partial charge is 0.341 e. The lowest BCUT2D eigenvalue weighted by Gasteiger charge is -2.25. The quantitative estimate of drug-likeness (QED) is 0.703. The van der Waals surface area contributed by atoms with E-state index in [-0.39, 0.29) is 15.5 Å². The van der Waals surface area contributed by atoms with E-state index in [2.05, 4.69) is 0 Å². The van der Waals surface area contributed by atoms with Crippen molar-refractivity contribution in [1.82, 2.24) is 0 Å². The number of nitrogens with zero attached hydrogens (tertiary/aromatic N) is 1. The first kappa shape index (κ1) is 19.0. The number of rotatable bonds is 8. The van der Waals surface area contributed by atoms with Crippen LogP contribution in [0.25, 0.3) is 0 Å². The highest BCUT2D eigenvalue weighted by atomic mass is 32.3. The summed E-state index contributed by atoms with van der Waals surface area (Å²) in [6, 6.07) is 1.19. The number of hydrogen-bond donors (Lipinski definition) is 1. The van der Waals surface area contributed by atoms with Crippen molar-refractivity contribution in [2.75, 3.05) is 15.2 Å². The molecule has 2 saturated carbocycles. The summed E-state index contributed by atoms with van der Waals surface area (Å²) in [5.74, 6) is -6.52. The molecule has 0 amide bonds. The van der Waals surface area contributed by atoms with Gasteiger partial charge in [-0.3, -0.25) is 0 Å². The van der Waals surface area contributed by atoms with Crippen LogP contribution in [0.1, 0.15) is 36.0 Å². The monoisotopic (exact) mass is 409 g/mol. The number of sulfonamides is 2. The molecule has 0 saturated heterocycles. The predicted molar refractivity (Wildman–Crippen MR) is 88.8 cm³/mol. The summed E-state index contributed by atoms with van der Waals surface area (Å²) in [6.07, 6.45) is 2.45. The summed E-state index contributed by atoms with van der Waals surface area (Å²) in [6.45, 7) is 0. The van der Waals surface area contributed by atoms with Gasteiger partial charge in [-0.05, 0) is 49.7 Å². The summed E-state index contributed by atoms with van der Waals surface area (Å²) < 4.78 is 79.0. The van der Waals surface area contributed by atoms with Crippen LogP contribution in [0, 0.1) is 23.5 Å². The van der Waals surface area contributed by atoms with Crippen LogP contribution in [0.15, 0.2) is 12.1 Å². The molecule has 2 fully saturated rings. The van der Waals surface area contributed by atoms with E-state index in [1.54, 1.807) is 0 Å². The number of benzene rings is 1. The summed E-state index contributed by atoms with van der Waals surface area (Å²) in [5, 5.41) is 8.97. The lowest BCUT2D eigenvalue weighted by Crippen LogP contribution is -2.41. The van der Waals surface area contributed by atoms with Gasteiger partial charge in [0.25, 0.3) is 0 Å². The summed E-state index contributed by atoms with van der Waals surface area (Å²) in [5.41, 5.74) is -2.37. The molecule has 0 aliphatic heterocycles. The zero-order valence-electron chi connectivity index (χ0n) is 13.6. The standard InChI is InChI=1S/C15H17F2NO6S2/c16-11-5-6-12(14(17)13(11)15(19)20)18(25(21,22)7-9-1-2-9)26(23,24)8-10-3-4-10/h5-6,9-10H,1-4,7-8H2,(H,19,20). The second-order valence-electron chi connectivity index (χ2n) is 6.70. The molecular weight excluding hydrogens is 392 g/mol. The molecule has 0 radical (unpaired) electrons. The van der Waals surface area contributed by atoms with E-state index in [1.165, 1.54) is 0 Å². The first-order valence-electron chi connectivity index (χ1n) is 8.00. The third kappa shape index (κ3) is 3.83. The van der Waals surface area contributed by atoms with Gasteiger partial charge in [0.05, 0.1) is 11.5 Å². The van der Waals surface area contributed by atoms with Crippen molar-refractivity contribution in [3.8, 4) is 0 Å². The van der Waals surface area contributed by atoms with Gasteiger partial charge >= 0.3 is 5.97 Å². The Bertz CT molecular complexity index is 909. The van der Waals surface area contributed by atoms with E-state index in [0.29, 0.717) is 37.8 Å². The molecule has 26 heavy (non-hydrogen) atoms. The third-order valence-corrected chi connectivity index (χ3v) is 8.83. The van der Waals surface area contributed by atoms with Crippen LogP contribution in [-0.2, 0) is 20.0 Å². The van der Waals surface area contributed by atoms with Crippen molar-refractivity contribution >= 4 is 31.7 Å². The van der Waals surface area contributed by atoms with Crippen molar-refractivity contribution in [3.63, 3.8) is 0 Å². The number of aromatic carboxylic acids is 1. The first-order valence-corrected chi connectivity index (χ1v) is 11.2. The topological polar surface area (TPSA) is 109 Å². The minimum atomic E-state index is -4.48. The molecule has 11 heteroatoms. The van der Waals surface area contributed by atoms with E-state index in [9.17, 15) is 30.4 Å². The van der Waals surface area contributed by atoms with Crippen molar-refractivity contribution in [3.05, 3.63) is 29.3 Å². The molecule has 0 spiro atoms. The van der Waals surface area contributed by atoms with Gasteiger partial charge < -0.3 is 5.11 Å². The van der Waals surface area contributed by atoms with Crippen molar-refractivity contribution in [2.24, 2.45) is 11.8 Å². The molecule has 1 aromatic rings. The van der Waals surface area contributed by atoms with E-state index < -0.39 is 60.4 Å². The van der Waals surface area contributed by atoms with Gasteiger partial charge in [-0.25, -0.2) is 30.4 Å². The number of anilines is 1. The molecule has 0 bridgehead atoms. The fourth-order valence-corrected chi connectivity index (χ4v) is 7.41. The zero-order chi connectivity index (χ0) is 19.3. The van der Waals surface area contributed by atoms with Crippen molar-refractivity contribution < 1.29 is 35.5 Å². The van der Waals surface area contributed by atoms with Crippen molar-refractivity contribution in [2.45, 2.75) is 25.7 Å². The molecule has 0 heterocycles. The minimum absolute atomic E-state index is 0.0299. The Balaban J connectivity index is 2.14. The molecule has 0 aromatic heterocycles. The molecule has 2 aliphatic rings. The Kier molecular flexibility index (Phi) is 4.72. The van der Waals surface area contributed by atoms with Crippen LogP contribution in [0.4, 0.5) is 14.5 Å². The fourth-order valence-electron chi connectivity index (χ4n) is 2.65. The highest BCUT2D eigenvalue weighted by molar-refractivity contribution is 8.10. The highest BCUT2D eigenvalue weighted by Crippen LogP contribution is 2.38. The average molecular weight is 409 g/mol. The third-order valence-electron chi connectivity index (χ3n) is 4.27. The second-order valence-corrected chi connectivity index (χ2v) is 10.7. The van der Waals surface area contributed by atoms with E-state index in [4.69, 9.17) is 5.11 Å². The van der Waals surface area contributed by atoms with Gasteiger partial charge in [-0.15, -0.1) is 0 Å². The molecule has 0 atom stereocenters. The zero-order valence-corrected chi connectivity index (χ0v) is 15.2. The second kappa shape index (κ2) is 6.45. The molecular formula is C15H17F2NO6S2. The average Bonchev–Trinajstić information content (AvgIpc) is 3.38. The first-order chi connectivity index (χ1) is 12.0. The summed E-state index contributed by atoms with van der Waals surface area (Å²) in [4.78, 5) is 11.1. The number of carbonyl (C=O) groups is 1. The van der Waals surface area contributed by atoms with Gasteiger partial charge in [-0.1, -0.05) is 0 Å². The Morgan fingerprint density at radius 1 is 1.00 bits per heavy atom. The maximum Gasteiger partial charge on any atom is 0.341 e. The van der Waals surface area contributed by atoms with Gasteiger partial charge in [0, 0.05) is 0 Å². The number of carboxylic acid groups (broad SMARTS) is 1. The number of hydrogen-bond acceptors (Lipinski definition) is 5. The molecule has 0 unspecified atom stereocenters. The highest BCUT2D eigenvalue weighted by Gasteiger charge is 2.43. The summed E-state index contributed by atoms with van der Waals surface area (Å²) >= 11 is 0. The van der Waals surface area contributed by atoms with Crippen LogP contribution in [-0.4, -0.2) is 39.4 Å². The lowest BCUT2D eigenvalue weighted by molar-refractivity contribution is 0.0686. The summed E-state index contributed by atoms with van der Waals surface area (Å²) in [7, 11) is -8.95. The molecule has 3 rings (SSSR count). The van der Waals surface area contributed by atoms with Crippen LogP contribution >= 0.6 is 0 Å². The van der Waals surface area contributed by atoms with Gasteiger partial charge in [-0.2, -0.15) is 3.71 Å². The molecule has 144 valence electrons. The molecule has 2 aliphatic carbocycles. The maximum absolute atomic E-state index is 14.6. The Morgan fingerprint density at radius 3 is 1.85 bits per heavy atom. The Morgan fingerprint density at radius 2 is 1.46 bits per heavy atom. The maximum atomic E-state index is 14.6. The minimum Gasteiger partial charge on any atom is -0.477 e. The Hall–Kier alpha value is -1.75. The van der Waals surface area contributed by atoms with Crippen LogP contribution in [0.5, 0.6) is 0 Å². The van der Waals surface area contributed by atoms with Crippen LogP contribution in [0.2, 0.25) is 0 Å². The predicted octanol–water partition coefficient (Wildman–Crippen LogP) is 1.95. The molecule has 1 N–H and O–H groups in total. The lowest BCUT2D eigenvalue weighted by atomic mass is 10.2. The normalized spacial score (nSPS) is 17.9. The number of halogens is 2. The van der Waals surface area contributed by atoms with E-state index in [1.807, 2.05) is 0 Å². The largest absolute Gasteiger partial charge is 0.477 e. The number of carboxylic acids is 1. The Labute approximate surface area is 149 Å². The van der Waals surface area contributed by atoms with E-state index >= 15 is 0 Å². The van der Waals surface area contributed by atoms with Gasteiger partial charge in [0.2, 0.25) is 20.0 Å². The SMILES string of the molecule is O=C(O)c1c(F)ccc(N(S(=O)(=O)CC2CC2)S(=O)(=O)CC2CC2)c1F. The fraction of sp³-hybridized carbons (Fsp3) is 0.533. The van der Waals surface area contributed by atoms with Crippen LogP contribution < -0.4 is 3.71 Å².